The topological polar surface area (TPSA) is 64.6 Å². The zero-order valence-electron chi connectivity index (χ0n) is 13.2. The molecule has 0 aromatic carbocycles. The minimum absolute atomic E-state index is 0.312. The third-order valence-electron chi connectivity index (χ3n) is 5.00. The highest BCUT2D eigenvalue weighted by Gasteiger charge is 2.52. The van der Waals surface area contributed by atoms with Crippen LogP contribution in [-0.4, -0.2) is 73.5 Å². The minimum Gasteiger partial charge on any atom is -0.368 e. The number of piperazine rings is 1. The van der Waals surface area contributed by atoms with Crippen molar-refractivity contribution in [3.8, 4) is 0 Å². The first-order chi connectivity index (χ1) is 11.2. The quantitative estimate of drug-likeness (QED) is 0.606. The highest BCUT2D eigenvalue weighted by Crippen LogP contribution is 2.42. The lowest BCUT2D eigenvalue weighted by atomic mass is 9.72. The molecule has 3 saturated heterocycles. The van der Waals surface area contributed by atoms with E-state index < -0.39 is 0 Å². The fourth-order valence-electron chi connectivity index (χ4n) is 3.70. The van der Waals surface area contributed by atoms with Gasteiger partial charge in [-0.05, 0) is 6.07 Å². The van der Waals surface area contributed by atoms with E-state index in [2.05, 4.69) is 31.6 Å². The molecular formula is C16H22N6O. The molecule has 1 spiro atoms. The van der Waals surface area contributed by atoms with Crippen LogP contribution in [0.15, 0.2) is 24.5 Å². The zero-order chi connectivity index (χ0) is 15.9. The van der Waals surface area contributed by atoms with Crippen molar-refractivity contribution in [2.45, 2.75) is 0 Å². The number of nitrogens with one attached hydrogen (secondary N) is 1. The van der Waals surface area contributed by atoms with Gasteiger partial charge in [0.15, 0.2) is 6.29 Å². The molecule has 4 rings (SSSR count). The molecule has 7 nitrogen and oxygen atoms in total. The number of rotatable bonds is 4. The SMILES string of the molecule is C=C(C=O)N1CC2(C1)CN(c1ccnc(N3CCNCC3)n1)C2. The van der Waals surface area contributed by atoms with Gasteiger partial charge in [-0.1, -0.05) is 6.58 Å². The molecule has 0 aliphatic carbocycles. The lowest BCUT2D eigenvalue weighted by molar-refractivity contribution is -0.108. The van der Waals surface area contributed by atoms with Gasteiger partial charge >= 0.3 is 0 Å². The summed E-state index contributed by atoms with van der Waals surface area (Å²) in [7, 11) is 0. The molecule has 3 aliphatic rings. The number of hydrogen-bond acceptors (Lipinski definition) is 7. The van der Waals surface area contributed by atoms with E-state index in [0.29, 0.717) is 11.1 Å². The molecule has 3 aliphatic heterocycles. The number of aldehydes is 1. The van der Waals surface area contributed by atoms with Crippen LogP contribution < -0.4 is 15.1 Å². The smallest absolute Gasteiger partial charge is 0.227 e. The molecule has 3 fully saturated rings. The number of carbonyl (C=O) groups is 1. The van der Waals surface area contributed by atoms with Crippen LogP contribution in [0.25, 0.3) is 0 Å². The summed E-state index contributed by atoms with van der Waals surface area (Å²) in [5, 5.41) is 3.34. The maximum atomic E-state index is 10.8. The van der Waals surface area contributed by atoms with E-state index in [1.807, 2.05) is 12.3 Å². The van der Waals surface area contributed by atoms with Crippen LogP contribution in [0.2, 0.25) is 0 Å². The fraction of sp³-hybridized carbons (Fsp3) is 0.562. The monoisotopic (exact) mass is 314 g/mol. The van der Waals surface area contributed by atoms with Crippen molar-refractivity contribution in [1.29, 1.82) is 0 Å². The van der Waals surface area contributed by atoms with Crippen LogP contribution in [0.3, 0.4) is 0 Å². The number of anilines is 2. The number of allylic oxidation sites excluding steroid dienone is 1. The minimum atomic E-state index is 0.312. The van der Waals surface area contributed by atoms with Crippen molar-refractivity contribution in [2.24, 2.45) is 5.41 Å². The van der Waals surface area contributed by atoms with Gasteiger partial charge in [0.2, 0.25) is 5.95 Å². The summed E-state index contributed by atoms with van der Waals surface area (Å²) < 4.78 is 0. The fourth-order valence-corrected chi connectivity index (χ4v) is 3.70. The molecule has 0 atom stereocenters. The van der Waals surface area contributed by atoms with Gasteiger partial charge in [-0.15, -0.1) is 0 Å². The maximum absolute atomic E-state index is 10.8. The van der Waals surface area contributed by atoms with Crippen LogP contribution in [0.4, 0.5) is 11.8 Å². The molecule has 1 N–H and O–H groups in total. The van der Waals surface area contributed by atoms with Crippen LogP contribution in [0, 0.1) is 5.41 Å². The standard InChI is InChI=1S/C16H22N6O/c1-13(8-23)21-9-16(10-21)11-22(12-16)14-2-3-18-15(19-14)20-6-4-17-5-7-20/h2-3,8,17H,1,4-7,9-12H2. The number of hydrogen-bond donors (Lipinski definition) is 1. The molecule has 0 amide bonds. The lowest BCUT2D eigenvalue weighted by Crippen LogP contribution is -2.72. The molecule has 0 unspecified atom stereocenters. The van der Waals surface area contributed by atoms with Crippen molar-refractivity contribution < 1.29 is 4.79 Å². The summed E-state index contributed by atoms with van der Waals surface area (Å²) in [5.41, 5.74) is 0.906. The Morgan fingerprint density at radius 2 is 1.96 bits per heavy atom. The predicted molar refractivity (Wildman–Crippen MR) is 88.5 cm³/mol. The molecule has 0 saturated carbocycles. The van der Waals surface area contributed by atoms with Crippen LogP contribution in [-0.2, 0) is 4.79 Å². The van der Waals surface area contributed by atoms with Crippen molar-refractivity contribution in [3.05, 3.63) is 24.5 Å². The Morgan fingerprint density at radius 3 is 2.65 bits per heavy atom. The Morgan fingerprint density at radius 1 is 1.22 bits per heavy atom. The third kappa shape index (κ3) is 2.55. The van der Waals surface area contributed by atoms with Gasteiger partial charge in [0, 0.05) is 64.0 Å². The molecule has 1 aromatic rings. The summed E-state index contributed by atoms with van der Waals surface area (Å²) in [4.78, 5) is 26.5. The average molecular weight is 314 g/mol. The summed E-state index contributed by atoms with van der Waals surface area (Å²) in [6.45, 7) is 11.5. The first-order valence-electron chi connectivity index (χ1n) is 8.12. The third-order valence-corrected chi connectivity index (χ3v) is 5.00. The highest BCUT2D eigenvalue weighted by atomic mass is 16.1. The van der Waals surface area contributed by atoms with Gasteiger partial charge in [-0.25, -0.2) is 4.98 Å². The Kier molecular flexibility index (Phi) is 3.45. The van der Waals surface area contributed by atoms with E-state index in [1.165, 1.54) is 0 Å². The van der Waals surface area contributed by atoms with Crippen LogP contribution in [0.5, 0.6) is 0 Å². The van der Waals surface area contributed by atoms with E-state index in [0.717, 1.165) is 70.4 Å². The van der Waals surface area contributed by atoms with Crippen molar-refractivity contribution in [2.75, 3.05) is 62.2 Å². The first kappa shape index (κ1) is 14.4. The van der Waals surface area contributed by atoms with Crippen LogP contribution >= 0.6 is 0 Å². The Balaban J connectivity index is 1.37. The Bertz CT molecular complexity index is 613. The van der Waals surface area contributed by atoms with Gasteiger partial charge in [-0.3, -0.25) is 4.79 Å². The second kappa shape index (κ2) is 5.49. The van der Waals surface area contributed by atoms with E-state index in [9.17, 15) is 4.79 Å². The Hall–Kier alpha value is -2.15. The second-order valence-corrected chi connectivity index (χ2v) is 6.77. The summed E-state index contributed by atoms with van der Waals surface area (Å²) in [5.74, 6) is 1.83. The van der Waals surface area contributed by atoms with E-state index in [1.54, 1.807) is 0 Å². The summed E-state index contributed by atoms with van der Waals surface area (Å²) in [6, 6.07) is 1.99. The van der Waals surface area contributed by atoms with Crippen molar-refractivity contribution in [3.63, 3.8) is 0 Å². The number of aromatic nitrogens is 2. The molecule has 4 heterocycles. The molecule has 23 heavy (non-hydrogen) atoms. The second-order valence-electron chi connectivity index (χ2n) is 6.77. The van der Waals surface area contributed by atoms with Gasteiger partial charge in [-0.2, -0.15) is 4.98 Å². The lowest BCUT2D eigenvalue weighted by Gasteiger charge is -2.61. The predicted octanol–water partition coefficient (Wildman–Crippen LogP) is -0.279. The largest absolute Gasteiger partial charge is 0.368 e. The molecule has 122 valence electrons. The maximum Gasteiger partial charge on any atom is 0.227 e. The average Bonchev–Trinajstić information content (AvgIpc) is 2.53. The number of likely N-dealkylation sites (tertiary alicyclic amines) is 1. The summed E-state index contributed by atoms with van der Waals surface area (Å²) in [6.07, 6.45) is 2.69. The van der Waals surface area contributed by atoms with Gasteiger partial charge < -0.3 is 20.0 Å². The van der Waals surface area contributed by atoms with Crippen LogP contribution in [0.1, 0.15) is 0 Å². The molecular weight excluding hydrogens is 292 g/mol. The molecule has 0 radical (unpaired) electrons. The highest BCUT2D eigenvalue weighted by molar-refractivity contribution is 5.71. The number of carbonyl (C=O) groups excluding carboxylic acids is 1. The van der Waals surface area contributed by atoms with Crippen molar-refractivity contribution in [1.82, 2.24) is 20.2 Å². The normalized spacial score (nSPS) is 22.5. The van der Waals surface area contributed by atoms with Crippen molar-refractivity contribution >= 4 is 18.1 Å². The first-order valence-corrected chi connectivity index (χ1v) is 8.12. The summed E-state index contributed by atoms with van der Waals surface area (Å²) >= 11 is 0. The Labute approximate surface area is 136 Å². The molecule has 0 bridgehead atoms. The molecule has 7 heteroatoms. The number of nitrogens with zero attached hydrogens (tertiary/aromatic N) is 5. The zero-order valence-corrected chi connectivity index (χ0v) is 13.2. The van der Waals surface area contributed by atoms with Gasteiger partial charge in [0.05, 0.1) is 5.70 Å². The molecule has 1 aromatic heterocycles. The van der Waals surface area contributed by atoms with E-state index >= 15 is 0 Å². The van der Waals surface area contributed by atoms with Gasteiger partial charge in [0.1, 0.15) is 5.82 Å². The van der Waals surface area contributed by atoms with E-state index in [4.69, 9.17) is 4.98 Å². The van der Waals surface area contributed by atoms with Gasteiger partial charge in [0.25, 0.3) is 0 Å². The van der Waals surface area contributed by atoms with E-state index in [-0.39, 0.29) is 0 Å².